The molecule has 1 heterocycles. The van der Waals surface area contributed by atoms with Gasteiger partial charge in [0.1, 0.15) is 0 Å². The van der Waals surface area contributed by atoms with E-state index in [-0.39, 0.29) is 10.6 Å². The number of thioether (sulfide) groups is 1. The molecule has 0 amide bonds. The van der Waals surface area contributed by atoms with Gasteiger partial charge in [-0.05, 0) is 11.6 Å². The molecule has 0 N–H and O–H groups in total. The molecule has 0 radical (unpaired) electrons. The van der Waals surface area contributed by atoms with Crippen LogP contribution in [0, 0.1) is 10.1 Å². The van der Waals surface area contributed by atoms with Gasteiger partial charge < -0.3 is 4.90 Å². The first kappa shape index (κ1) is 14.5. The van der Waals surface area contributed by atoms with Gasteiger partial charge in [-0.2, -0.15) is 11.8 Å². The zero-order valence-corrected chi connectivity index (χ0v) is 12.6. The fraction of sp³-hybridized carbons (Fsp3) is 0.538. The summed E-state index contributed by atoms with van der Waals surface area (Å²) in [5, 5.41) is 11.9. The number of nitro benzene ring substituents is 1. The summed E-state index contributed by atoms with van der Waals surface area (Å²) < 4.78 is 0. The molecule has 2 unspecified atom stereocenters. The van der Waals surface area contributed by atoms with Crippen LogP contribution in [0.15, 0.2) is 18.2 Å². The second kappa shape index (κ2) is 6.01. The van der Waals surface area contributed by atoms with E-state index < -0.39 is 0 Å². The van der Waals surface area contributed by atoms with Crippen molar-refractivity contribution in [1.29, 1.82) is 0 Å². The molecule has 0 aromatic heterocycles. The summed E-state index contributed by atoms with van der Waals surface area (Å²) in [6.45, 7) is 6.32. The van der Waals surface area contributed by atoms with Crippen LogP contribution in [-0.4, -0.2) is 28.5 Å². The first-order valence-electron chi connectivity index (χ1n) is 6.25. The molecule has 0 spiro atoms. The van der Waals surface area contributed by atoms with Crippen LogP contribution in [0.2, 0.25) is 0 Å². The lowest BCUT2D eigenvalue weighted by atomic mass is 10.1. The lowest BCUT2D eigenvalue weighted by Gasteiger charge is -2.37. The third-order valence-electron chi connectivity index (χ3n) is 3.18. The van der Waals surface area contributed by atoms with Crippen LogP contribution in [0.1, 0.15) is 19.4 Å². The van der Waals surface area contributed by atoms with Crippen LogP contribution in [0.25, 0.3) is 0 Å². The average molecular weight is 301 g/mol. The number of rotatable bonds is 3. The fourth-order valence-corrected chi connectivity index (χ4v) is 4.01. The minimum absolute atomic E-state index is 0.104. The molecule has 19 heavy (non-hydrogen) atoms. The number of hydrogen-bond acceptors (Lipinski definition) is 4. The van der Waals surface area contributed by atoms with Crippen molar-refractivity contribution in [1.82, 2.24) is 0 Å². The van der Waals surface area contributed by atoms with Crippen molar-refractivity contribution in [2.75, 3.05) is 18.0 Å². The van der Waals surface area contributed by atoms with Crippen LogP contribution in [-0.2, 0) is 5.88 Å². The van der Waals surface area contributed by atoms with Gasteiger partial charge in [-0.1, -0.05) is 13.8 Å². The van der Waals surface area contributed by atoms with Gasteiger partial charge >= 0.3 is 0 Å². The number of halogens is 1. The van der Waals surface area contributed by atoms with Gasteiger partial charge in [-0.15, -0.1) is 11.6 Å². The quantitative estimate of drug-likeness (QED) is 0.485. The van der Waals surface area contributed by atoms with E-state index >= 15 is 0 Å². The Kier molecular flexibility index (Phi) is 4.58. The Labute approximate surface area is 122 Å². The molecular weight excluding hydrogens is 284 g/mol. The monoisotopic (exact) mass is 300 g/mol. The summed E-state index contributed by atoms with van der Waals surface area (Å²) in [4.78, 5) is 12.7. The van der Waals surface area contributed by atoms with Crippen molar-refractivity contribution < 1.29 is 4.92 Å². The van der Waals surface area contributed by atoms with E-state index in [1.54, 1.807) is 12.1 Å². The van der Waals surface area contributed by atoms with Gasteiger partial charge in [0.15, 0.2) is 0 Å². The smallest absolute Gasteiger partial charge is 0.269 e. The molecule has 0 aliphatic carbocycles. The van der Waals surface area contributed by atoms with E-state index in [1.165, 1.54) is 0 Å². The lowest BCUT2D eigenvalue weighted by Crippen LogP contribution is -2.40. The Bertz CT molecular complexity index is 474. The molecule has 2 atom stereocenters. The van der Waals surface area contributed by atoms with E-state index in [9.17, 15) is 10.1 Å². The summed E-state index contributed by atoms with van der Waals surface area (Å²) in [6.07, 6.45) is 0. The molecule has 6 heteroatoms. The molecule has 2 rings (SSSR count). The highest BCUT2D eigenvalue weighted by atomic mass is 35.5. The van der Waals surface area contributed by atoms with Crippen LogP contribution in [0.4, 0.5) is 11.4 Å². The first-order chi connectivity index (χ1) is 9.01. The number of nitrogens with zero attached hydrogens (tertiary/aromatic N) is 2. The Morgan fingerprint density at radius 2 is 2.05 bits per heavy atom. The largest absolute Gasteiger partial charge is 0.369 e. The lowest BCUT2D eigenvalue weighted by molar-refractivity contribution is -0.384. The van der Waals surface area contributed by atoms with Crippen molar-refractivity contribution in [2.24, 2.45) is 0 Å². The van der Waals surface area contributed by atoms with Crippen molar-refractivity contribution in [2.45, 2.75) is 30.2 Å². The zero-order chi connectivity index (χ0) is 14.0. The molecule has 104 valence electrons. The molecule has 1 aromatic carbocycles. The van der Waals surface area contributed by atoms with Gasteiger partial charge in [-0.3, -0.25) is 10.1 Å². The Morgan fingerprint density at radius 1 is 1.42 bits per heavy atom. The minimum Gasteiger partial charge on any atom is -0.369 e. The number of non-ortho nitro benzene ring substituents is 1. The molecule has 1 aliphatic rings. The maximum atomic E-state index is 10.8. The highest BCUT2D eigenvalue weighted by Crippen LogP contribution is 2.32. The Morgan fingerprint density at radius 3 is 2.58 bits per heavy atom. The summed E-state index contributed by atoms with van der Waals surface area (Å²) in [7, 11) is 0. The number of benzene rings is 1. The van der Waals surface area contributed by atoms with E-state index in [0.29, 0.717) is 16.4 Å². The van der Waals surface area contributed by atoms with E-state index in [1.807, 2.05) is 17.8 Å². The van der Waals surface area contributed by atoms with Gasteiger partial charge in [-0.25, -0.2) is 0 Å². The van der Waals surface area contributed by atoms with Gasteiger partial charge in [0.05, 0.1) is 4.92 Å². The SMILES string of the molecule is CC1CN(c2ccc([N+](=O)[O-])cc2CCl)CC(C)S1. The number of alkyl halides is 1. The molecule has 0 saturated carbocycles. The minimum atomic E-state index is -0.378. The van der Waals surface area contributed by atoms with Crippen LogP contribution in [0.3, 0.4) is 0 Å². The molecule has 0 bridgehead atoms. The normalized spacial score (nSPS) is 23.4. The predicted molar refractivity (Wildman–Crippen MR) is 81.4 cm³/mol. The summed E-state index contributed by atoms with van der Waals surface area (Å²) in [5.41, 5.74) is 1.97. The third-order valence-corrected chi connectivity index (χ3v) is 4.69. The predicted octanol–water partition coefficient (Wildman–Crippen LogP) is 3.66. The molecule has 1 aromatic rings. The molecule has 4 nitrogen and oxygen atoms in total. The third kappa shape index (κ3) is 3.34. The first-order valence-corrected chi connectivity index (χ1v) is 7.72. The van der Waals surface area contributed by atoms with Crippen LogP contribution >= 0.6 is 23.4 Å². The van der Waals surface area contributed by atoms with Gasteiger partial charge in [0.25, 0.3) is 5.69 Å². The highest BCUT2D eigenvalue weighted by Gasteiger charge is 2.24. The number of anilines is 1. The second-order valence-corrected chi connectivity index (χ2v) is 7.01. The van der Waals surface area contributed by atoms with Crippen molar-refractivity contribution in [3.8, 4) is 0 Å². The fourth-order valence-electron chi connectivity index (χ4n) is 2.48. The maximum absolute atomic E-state index is 10.8. The van der Waals surface area contributed by atoms with Gasteiger partial charge in [0, 0.05) is 47.3 Å². The summed E-state index contributed by atoms with van der Waals surface area (Å²) in [6, 6.07) is 4.97. The van der Waals surface area contributed by atoms with E-state index in [4.69, 9.17) is 11.6 Å². The zero-order valence-electron chi connectivity index (χ0n) is 11.0. The van der Waals surface area contributed by atoms with Crippen molar-refractivity contribution in [3.63, 3.8) is 0 Å². The number of hydrogen-bond donors (Lipinski definition) is 0. The van der Waals surface area contributed by atoms with Crippen LogP contribution in [0.5, 0.6) is 0 Å². The number of nitro groups is 1. The van der Waals surface area contributed by atoms with Crippen LogP contribution < -0.4 is 4.90 Å². The maximum Gasteiger partial charge on any atom is 0.269 e. The molecule has 1 saturated heterocycles. The summed E-state index contributed by atoms with van der Waals surface area (Å²) >= 11 is 7.92. The van der Waals surface area contributed by atoms with Crippen molar-refractivity contribution in [3.05, 3.63) is 33.9 Å². The Balaban J connectivity index is 2.30. The van der Waals surface area contributed by atoms with Gasteiger partial charge in [0.2, 0.25) is 0 Å². The standard InChI is InChI=1S/C13H17ClN2O2S/c1-9-7-15(8-10(2)19-9)13-4-3-12(16(17)18)5-11(13)6-14/h3-5,9-10H,6-8H2,1-2H3. The molecule has 1 fully saturated rings. The van der Waals surface area contributed by atoms with E-state index in [0.717, 1.165) is 24.3 Å². The molecular formula is C13H17ClN2O2S. The highest BCUT2D eigenvalue weighted by molar-refractivity contribution is 8.00. The topological polar surface area (TPSA) is 46.4 Å². The van der Waals surface area contributed by atoms with E-state index in [2.05, 4.69) is 18.7 Å². The molecule has 1 aliphatic heterocycles. The second-order valence-electron chi connectivity index (χ2n) is 4.87. The van der Waals surface area contributed by atoms with Crippen molar-refractivity contribution >= 4 is 34.7 Å². The Hall–Kier alpha value is -0.940. The summed E-state index contributed by atoms with van der Waals surface area (Å²) in [5.74, 6) is 0.295. The average Bonchev–Trinajstić information content (AvgIpc) is 2.36.